The highest BCUT2D eigenvalue weighted by Crippen LogP contribution is 2.36. The van der Waals surface area contributed by atoms with Crippen LogP contribution in [0, 0.1) is 23.7 Å². The molecule has 0 fully saturated rings. The number of ether oxygens (including phenoxy) is 2. The summed E-state index contributed by atoms with van der Waals surface area (Å²) < 4.78 is 11.1. The molecular weight excluding hydrogens is 396 g/mol. The van der Waals surface area contributed by atoms with Gasteiger partial charge >= 0.3 is 0 Å². The van der Waals surface area contributed by atoms with Crippen LogP contribution in [0.2, 0.25) is 0 Å². The first-order valence-electron chi connectivity index (χ1n) is 9.73. The van der Waals surface area contributed by atoms with Crippen molar-refractivity contribution in [3.8, 4) is 11.8 Å². The van der Waals surface area contributed by atoms with Crippen LogP contribution in [0.1, 0.15) is 48.0 Å². The van der Waals surface area contributed by atoms with Crippen LogP contribution in [0.4, 0.5) is 0 Å². The number of rotatable bonds is 14. The lowest BCUT2D eigenvalue weighted by molar-refractivity contribution is -0.126. The minimum absolute atomic E-state index is 0.00488. The lowest BCUT2D eigenvalue weighted by Crippen LogP contribution is -2.30. The normalized spacial score (nSPS) is 12.2. The highest BCUT2D eigenvalue weighted by molar-refractivity contribution is 8.77. The van der Waals surface area contributed by atoms with Crippen LogP contribution < -0.4 is 10.6 Å². The molecular formula is C20H36N2O4S2. The minimum atomic E-state index is -0.372. The van der Waals surface area contributed by atoms with Crippen molar-refractivity contribution in [3.05, 3.63) is 0 Å². The van der Waals surface area contributed by atoms with Crippen LogP contribution in [-0.4, -0.2) is 55.4 Å². The van der Waals surface area contributed by atoms with Crippen LogP contribution in [0.3, 0.4) is 0 Å². The van der Waals surface area contributed by atoms with Gasteiger partial charge in [0.25, 0.3) is 0 Å². The van der Waals surface area contributed by atoms with Crippen molar-refractivity contribution in [2.45, 2.75) is 52.9 Å². The van der Waals surface area contributed by atoms with Gasteiger partial charge in [0, 0.05) is 24.1 Å². The number of carbonyl (C=O) groups is 2. The zero-order valence-electron chi connectivity index (χ0n) is 18.1. The fourth-order valence-electron chi connectivity index (χ4n) is 1.74. The Morgan fingerprint density at radius 2 is 1.86 bits per heavy atom. The van der Waals surface area contributed by atoms with E-state index in [1.807, 2.05) is 41.5 Å². The van der Waals surface area contributed by atoms with E-state index in [0.717, 1.165) is 12.2 Å². The maximum absolute atomic E-state index is 11.7. The molecule has 0 heterocycles. The predicted molar refractivity (Wildman–Crippen MR) is 119 cm³/mol. The van der Waals surface area contributed by atoms with Gasteiger partial charge in [-0.2, -0.15) is 0 Å². The van der Waals surface area contributed by atoms with Crippen molar-refractivity contribution >= 4 is 33.4 Å². The van der Waals surface area contributed by atoms with Crippen molar-refractivity contribution in [2.75, 3.05) is 38.7 Å². The summed E-state index contributed by atoms with van der Waals surface area (Å²) in [6, 6.07) is 0. The first-order chi connectivity index (χ1) is 13.2. The van der Waals surface area contributed by atoms with Crippen molar-refractivity contribution in [1.82, 2.24) is 10.6 Å². The molecule has 0 aliphatic heterocycles. The Morgan fingerprint density at radius 1 is 1.14 bits per heavy atom. The van der Waals surface area contributed by atoms with E-state index in [1.165, 1.54) is 0 Å². The molecule has 0 bridgehead atoms. The lowest BCUT2D eigenvalue weighted by Gasteiger charge is -2.24. The van der Waals surface area contributed by atoms with Gasteiger partial charge in [0.1, 0.15) is 11.5 Å². The van der Waals surface area contributed by atoms with Crippen LogP contribution >= 0.6 is 21.6 Å². The van der Waals surface area contributed by atoms with E-state index in [-0.39, 0.29) is 29.3 Å². The van der Waals surface area contributed by atoms with Gasteiger partial charge in [-0.05, 0) is 20.3 Å². The molecule has 0 aromatic carbocycles. The largest absolute Gasteiger partial charge is 0.369 e. The molecule has 0 saturated heterocycles. The van der Waals surface area contributed by atoms with Crippen molar-refractivity contribution in [1.29, 1.82) is 0 Å². The van der Waals surface area contributed by atoms with Crippen LogP contribution in [-0.2, 0) is 19.1 Å². The molecule has 162 valence electrons. The summed E-state index contributed by atoms with van der Waals surface area (Å²) in [6.45, 7) is 13.7. The number of nitrogens with one attached hydrogen (secondary N) is 2. The second-order valence-corrected chi connectivity index (χ2v) is 10.1. The molecule has 2 N–H and O–H groups in total. The third-order valence-electron chi connectivity index (χ3n) is 3.48. The zero-order valence-corrected chi connectivity index (χ0v) is 19.7. The van der Waals surface area contributed by atoms with Gasteiger partial charge in [0.05, 0.1) is 19.8 Å². The Labute approximate surface area is 178 Å². The number of hydrogen-bond donors (Lipinski definition) is 2. The average Bonchev–Trinajstić information content (AvgIpc) is 2.63. The molecule has 1 atom stereocenters. The van der Waals surface area contributed by atoms with Gasteiger partial charge in [-0.15, -0.1) is 0 Å². The van der Waals surface area contributed by atoms with Gasteiger partial charge in [-0.1, -0.05) is 61.1 Å². The lowest BCUT2D eigenvalue weighted by atomic mass is 10.1. The summed E-state index contributed by atoms with van der Waals surface area (Å²) in [5.41, 5.74) is 0. The van der Waals surface area contributed by atoms with Crippen LogP contribution in [0.15, 0.2) is 0 Å². The standard InChI is InChI=1S/C20H36N2O4S2/c1-7-17(4)19(24)22-11-14-27-28-20(5,6)26-13-12-25-15-18(23)21-10-8-9-16(2)3/h16-17H,7,10-15H2,1-6H3,(H,21,23)(H,22,24). The number of amides is 2. The molecule has 0 rings (SSSR count). The Hall–Kier alpha value is -0.880. The first-order valence-corrected chi connectivity index (χ1v) is 12.0. The summed E-state index contributed by atoms with van der Waals surface area (Å²) in [6.07, 6.45) is 0.852. The van der Waals surface area contributed by atoms with E-state index in [0.29, 0.717) is 32.2 Å². The third-order valence-corrected chi connectivity index (χ3v) is 6.54. The van der Waals surface area contributed by atoms with Gasteiger partial charge in [0.2, 0.25) is 11.8 Å². The van der Waals surface area contributed by atoms with E-state index < -0.39 is 0 Å². The Balaban J connectivity index is 3.70. The maximum atomic E-state index is 11.7. The second-order valence-electron chi connectivity index (χ2n) is 7.06. The number of carbonyl (C=O) groups excluding carboxylic acids is 2. The van der Waals surface area contributed by atoms with E-state index in [4.69, 9.17) is 9.47 Å². The highest BCUT2D eigenvalue weighted by atomic mass is 33.1. The smallest absolute Gasteiger partial charge is 0.246 e. The molecule has 8 heteroatoms. The fourth-order valence-corrected chi connectivity index (χ4v) is 3.92. The molecule has 0 spiro atoms. The number of hydrogen-bond acceptors (Lipinski definition) is 6. The minimum Gasteiger partial charge on any atom is -0.369 e. The van der Waals surface area contributed by atoms with Gasteiger partial charge in [0.15, 0.2) is 0 Å². The summed E-state index contributed by atoms with van der Waals surface area (Å²) in [7, 11) is 3.28. The molecule has 0 aromatic rings. The molecule has 28 heavy (non-hydrogen) atoms. The molecule has 0 saturated carbocycles. The monoisotopic (exact) mass is 432 g/mol. The Morgan fingerprint density at radius 3 is 2.50 bits per heavy atom. The SMILES string of the molecule is CCC(C)C(=O)NCCSSC(C)(C)OCCOCC(=O)NCC#CC(C)C. The molecule has 0 aliphatic rings. The van der Waals surface area contributed by atoms with Gasteiger partial charge in [-0.3, -0.25) is 9.59 Å². The zero-order chi connectivity index (χ0) is 21.4. The quantitative estimate of drug-likeness (QED) is 0.190. The van der Waals surface area contributed by atoms with E-state index >= 15 is 0 Å². The summed E-state index contributed by atoms with van der Waals surface area (Å²) >= 11 is 0. The topological polar surface area (TPSA) is 76.7 Å². The van der Waals surface area contributed by atoms with Crippen molar-refractivity contribution in [3.63, 3.8) is 0 Å². The third kappa shape index (κ3) is 16.1. The molecule has 0 aromatic heterocycles. The van der Waals surface area contributed by atoms with Crippen molar-refractivity contribution < 1.29 is 19.1 Å². The molecule has 1 unspecified atom stereocenters. The maximum Gasteiger partial charge on any atom is 0.246 e. The predicted octanol–water partition coefficient (Wildman–Crippen LogP) is 3.08. The van der Waals surface area contributed by atoms with Gasteiger partial charge in [-0.25, -0.2) is 0 Å². The first kappa shape index (κ1) is 27.1. The molecule has 6 nitrogen and oxygen atoms in total. The summed E-state index contributed by atoms with van der Waals surface area (Å²) in [5, 5.41) is 5.62. The highest BCUT2D eigenvalue weighted by Gasteiger charge is 2.19. The summed E-state index contributed by atoms with van der Waals surface area (Å²) in [4.78, 5) is 22.9. The molecule has 0 radical (unpaired) electrons. The molecule has 0 aliphatic carbocycles. The Bertz CT molecular complexity index is 516. The summed E-state index contributed by atoms with van der Waals surface area (Å²) in [5.74, 6) is 6.98. The second kappa shape index (κ2) is 16.0. The fraction of sp³-hybridized carbons (Fsp3) is 0.800. The van der Waals surface area contributed by atoms with Gasteiger partial charge < -0.3 is 20.1 Å². The van der Waals surface area contributed by atoms with Crippen LogP contribution in [0.25, 0.3) is 0 Å². The van der Waals surface area contributed by atoms with E-state index in [2.05, 4.69) is 22.5 Å². The van der Waals surface area contributed by atoms with Crippen molar-refractivity contribution in [2.24, 2.45) is 11.8 Å². The average molecular weight is 433 g/mol. The van der Waals surface area contributed by atoms with E-state index in [9.17, 15) is 9.59 Å². The Kier molecular flexibility index (Phi) is 15.5. The van der Waals surface area contributed by atoms with E-state index in [1.54, 1.807) is 21.6 Å². The molecule has 2 amide bonds. The van der Waals surface area contributed by atoms with Crippen LogP contribution in [0.5, 0.6) is 0 Å².